The standard InChI is InChI=1S/C11H16N2O3S/c1-8-4-2-3-5-9(8)6-17(15,16)7-10(12)11(13)14/h2-5,10H,6-7,12H2,1H3,(H2,13,14). The van der Waals surface area contributed by atoms with Gasteiger partial charge >= 0.3 is 0 Å². The summed E-state index contributed by atoms with van der Waals surface area (Å²) in [6, 6.07) is 6.03. The van der Waals surface area contributed by atoms with Crippen LogP contribution in [0.25, 0.3) is 0 Å². The lowest BCUT2D eigenvalue weighted by atomic mass is 10.1. The number of nitrogens with two attached hydrogens (primary N) is 2. The first-order valence-electron chi connectivity index (χ1n) is 5.11. The largest absolute Gasteiger partial charge is 0.368 e. The van der Waals surface area contributed by atoms with Gasteiger partial charge in [0, 0.05) is 0 Å². The SMILES string of the molecule is Cc1ccccc1CS(=O)(=O)CC(N)C(N)=O. The van der Waals surface area contributed by atoms with Crippen molar-refractivity contribution in [1.82, 2.24) is 0 Å². The van der Waals surface area contributed by atoms with E-state index in [4.69, 9.17) is 11.5 Å². The molecule has 1 atom stereocenters. The summed E-state index contributed by atoms with van der Waals surface area (Å²) in [5.41, 5.74) is 11.9. The van der Waals surface area contributed by atoms with Crippen molar-refractivity contribution in [2.45, 2.75) is 18.7 Å². The van der Waals surface area contributed by atoms with Crippen LogP contribution in [0.1, 0.15) is 11.1 Å². The number of rotatable bonds is 5. The molecule has 6 heteroatoms. The molecule has 17 heavy (non-hydrogen) atoms. The maximum atomic E-state index is 11.8. The molecule has 0 radical (unpaired) electrons. The lowest BCUT2D eigenvalue weighted by Gasteiger charge is -2.10. The quantitative estimate of drug-likeness (QED) is 0.756. The van der Waals surface area contributed by atoms with Gasteiger partial charge < -0.3 is 11.5 Å². The summed E-state index contributed by atoms with van der Waals surface area (Å²) >= 11 is 0. The molecule has 0 aliphatic heterocycles. The third-order valence-corrected chi connectivity index (χ3v) is 4.05. The number of sulfone groups is 1. The fraction of sp³-hybridized carbons (Fsp3) is 0.364. The summed E-state index contributed by atoms with van der Waals surface area (Å²) < 4.78 is 23.6. The van der Waals surface area contributed by atoms with Crippen molar-refractivity contribution >= 4 is 15.7 Å². The third-order valence-electron chi connectivity index (χ3n) is 2.44. The summed E-state index contributed by atoms with van der Waals surface area (Å²) in [7, 11) is -3.43. The van der Waals surface area contributed by atoms with Gasteiger partial charge in [0.05, 0.1) is 17.5 Å². The third kappa shape index (κ3) is 4.16. The summed E-state index contributed by atoms with van der Waals surface area (Å²) in [5.74, 6) is -1.35. The van der Waals surface area contributed by atoms with Gasteiger partial charge in [0.1, 0.15) is 0 Å². The van der Waals surface area contributed by atoms with E-state index in [1.165, 1.54) is 0 Å². The highest BCUT2D eigenvalue weighted by molar-refractivity contribution is 7.90. The van der Waals surface area contributed by atoms with Crippen molar-refractivity contribution in [3.63, 3.8) is 0 Å². The molecule has 0 saturated carbocycles. The Labute approximate surface area is 101 Å². The van der Waals surface area contributed by atoms with Crippen LogP contribution in [0, 0.1) is 6.92 Å². The van der Waals surface area contributed by atoms with Gasteiger partial charge in [-0.2, -0.15) is 0 Å². The van der Waals surface area contributed by atoms with Crippen molar-refractivity contribution in [2.24, 2.45) is 11.5 Å². The smallest absolute Gasteiger partial charge is 0.235 e. The second-order valence-corrected chi connectivity index (χ2v) is 6.10. The molecule has 0 aromatic heterocycles. The molecule has 0 bridgehead atoms. The van der Waals surface area contributed by atoms with Crippen LogP contribution >= 0.6 is 0 Å². The van der Waals surface area contributed by atoms with E-state index in [0.717, 1.165) is 5.56 Å². The van der Waals surface area contributed by atoms with Gasteiger partial charge in [0.25, 0.3) is 0 Å². The second-order valence-electron chi connectivity index (χ2n) is 3.99. The van der Waals surface area contributed by atoms with E-state index in [9.17, 15) is 13.2 Å². The summed E-state index contributed by atoms with van der Waals surface area (Å²) in [5, 5.41) is 0. The normalized spacial score (nSPS) is 13.3. The van der Waals surface area contributed by atoms with E-state index >= 15 is 0 Å². The number of carbonyl (C=O) groups excluding carboxylic acids is 1. The van der Waals surface area contributed by atoms with Gasteiger partial charge in [-0.05, 0) is 18.1 Å². The van der Waals surface area contributed by atoms with E-state index in [1.807, 2.05) is 19.1 Å². The Morgan fingerprint density at radius 3 is 2.47 bits per heavy atom. The average Bonchev–Trinajstić information content (AvgIpc) is 2.20. The lowest BCUT2D eigenvalue weighted by molar-refractivity contribution is -0.118. The molecule has 5 nitrogen and oxygen atoms in total. The molecule has 1 amide bonds. The molecular weight excluding hydrogens is 240 g/mol. The number of benzene rings is 1. The number of amides is 1. The topological polar surface area (TPSA) is 103 Å². The Kier molecular flexibility index (Phi) is 4.25. The number of primary amides is 1. The molecule has 0 aliphatic rings. The number of aryl methyl sites for hydroxylation is 1. The highest BCUT2D eigenvalue weighted by atomic mass is 32.2. The first-order valence-corrected chi connectivity index (χ1v) is 6.94. The monoisotopic (exact) mass is 256 g/mol. The predicted octanol–water partition coefficient (Wildman–Crippen LogP) is -0.278. The highest BCUT2D eigenvalue weighted by Gasteiger charge is 2.20. The number of hydrogen-bond acceptors (Lipinski definition) is 4. The molecule has 0 aliphatic carbocycles. The number of hydrogen-bond donors (Lipinski definition) is 2. The van der Waals surface area contributed by atoms with Crippen LogP contribution in [0.3, 0.4) is 0 Å². The van der Waals surface area contributed by atoms with Crippen molar-refractivity contribution in [1.29, 1.82) is 0 Å². The zero-order valence-electron chi connectivity index (χ0n) is 9.59. The van der Waals surface area contributed by atoms with Gasteiger partial charge in [0.15, 0.2) is 9.84 Å². The van der Waals surface area contributed by atoms with Gasteiger partial charge in [-0.25, -0.2) is 8.42 Å². The predicted molar refractivity (Wildman–Crippen MR) is 65.8 cm³/mol. The molecule has 0 fully saturated rings. The minimum absolute atomic E-state index is 0.124. The highest BCUT2D eigenvalue weighted by Crippen LogP contribution is 2.12. The van der Waals surface area contributed by atoms with Gasteiger partial charge in [-0.3, -0.25) is 4.79 Å². The Morgan fingerprint density at radius 1 is 1.35 bits per heavy atom. The van der Waals surface area contributed by atoms with Crippen LogP contribution < -0.4 is 11.5 Å². The van der Waals surface area contributed by atoms with Crippen molar-refractivity contribution in [2.75, 3.05) is 5.75 Å². The Bertz CT molecular complexity index is 511. The fourth-order valence-corrected chi connectivity index (χ4v) is 3.05. The first-order chi connectivity index (χ1) is 7.82. The molecule has 1 unspecified atom stereocenters. The Hall–Kier alpha value is -1.40. The van der Waals surface area contributed by atoms with Crippen LogP contribution in [0.4, 0.5) is 0 Å². The van der Waals surface area contributed by atoms with Gasteiger partial charge in [0.2, 0.25) is 5.91 Å². The van der Waals surface area contributed by atoms with Crippen molar-refractivity contribution in [3.8, 4) is 0 Å². The van der Waals surface area contributed by atoms with Gasteiger partial charge in [-0.1, -0.05) is 24.3 Å². The second kappa shape index (κ2) is 5.29. The minimum atomic E-state index is -3.43. The van der Waals surface area contributed by atoms with Crippen LogP contribution in [-0.2, 0) is 20.4 Å². The maximum Gasteiger partial charge on any atom is 0.235 e. The maximum absolute atomic E-state index is 11.8. The van der Waals surface area contributed by atoms with E-state index in [-0.39, 0.29) is 5.75 Å². The van der Waals surface area contributed by atoms with Crippen LogP contribution in [0.2, 0.25) is 0 Å². The Balaban J connectivity index is 2.81. The lowest BCUT2D eigenvalue weighted by Crippen LogP contribution is -2.42. The van der Waals surface area contributed by atoms with E-state index in [1.54, 1.807) is 12.1 Å². The molecule has 1 aromatic carbocycles. The molecule has 0 heterocycles. The van der Waals surface area contributed by atoms with E-state index in [2.05, 4.69) is 0 Å². The van der Waals surface area contributed by atoms with Crippen LogP contribution in [0.15, 0.2) is 24.3 Å². The zero-order chi connectivity index (χ0) is 13.1. The van der Waals surface area contributed by atoms with E-state index < -0.39 is 27.5 Å². The van der Waals surface area contributed by atoms with Crippen molar-refractivity contribution < 1.29 is 13.2 Å². The zero-order valence-corrected chi connectivity index (χ0v) is 10.4. The van der Waals surface area contributed by atoms with Crippen molar-refractivity contribution in [3.05, 3.63) is 35.4 Å². The minimum Gasteiger partial charge on any atom is -0.368 e. The molecule has 94 valence electrons. The molecule has 1 rings (SSSR count). The molecule has 4 N–H and O–H groups in total. The fourth-order valence-electron chi connectivity index (χ4n) is 1.42. The molecule has 0 saturated heterocycles. The average molecular weight is 256 g/mol. The number of carbonyl (C=O) groups is 1. The summed E-state index contributed by atoms with van der Waals surface area (Å²) in [6.07, 6.45) is 0. The summed E-state index contributed by atoms with van der Waals surface area (Å²) in [6.45, 7) is 1.83. The Morgan fingerprint density at radius 2 is 1.94 bits per heavy atom. The first kappa shape index (κ1) is 13.7. The molecule has 1 aromatic rings. The molecular formula is C11H16N2O3S. The molecule has 0 spiro atoms. The van der Waals surface area contributed by atoms with Crippen LogP contribution in [0.5, 0.6) is 0 Å². The van der Waals surface area contributed by atoms with E-state index in [0.29, 0.717) is 5.56 Å². The van der Waals surface area contributed by atoms with Crippen LogP contribution in [-0.4, -0.2) is 26.1 Å². The summed E-state index contributed by atoms with van der Waals surface area (Å²) in [4.78, 5) is 10.7. The van der Waals surface area contributed by atoms with Gasteiger partial charge in [-0.15, -0.1) is 0 Å².